The van der Waals surface area contributed by atoms with E-state index in [1.165, 1.54) is 0 Å². The molecule has 0 bridgehead atoms. The minimum atomic E-state index is -1.77. The molecule has 3 amide bonds. The number of hydrogen-bond donors (Lipinski definition) is 4. The van der Waals surface area contributed by atoms with Crippen LogP contribution in [0.3, 0.4) is 0 Å². The van der Waals surface area contributed by atoms with E-state index in [0.29, 0.717) is 35.7 Å². The third-order valence-corrected chi connectivity index (χ3v) is 6.14. The molecule has 0 aromatic carbocycles. The van der Waals surface area contributed by atoms with Crippen molar-refractivity contribution in [1.82, 2.24) is 25.5 Å². The molecule has 2 aromatic rings. The summed E-state index contributed by atoms with van der Waals surface area (Å²) >= 11 is 0. The molecule has 4 rings (SSSR count). The standard InChI is InChI=1S/C24H32N6O5/c1-14(2)20-19(18(7-9-25-20)34-11-10-31)24(17-6-5-8-26-21(17)28-22(32)29-24)35-23(33)30-13-15(3)27-12-16(30)4/h5-9,14-16,27,31H,10-13H2,1-4H3,(H2,26,28,29,32). The Morgan fingerprint density at radius 3 is 2.83 bits per heavy atom. The molecular weight excluding hydrogens is 452 g/mol. The van der Waals surface area contributed by atoms with E-state index in [0.717, 1.165) is 0 Å². The lowest BCUT2D eigenvalue weighted by Gasteiger charge is -2.43. The van der Waals surface area contributed by atoms with Gasteiger partial charge in [-0.1, -0.05) is 13.8 Å². The highest BCUT2D eigenvalue weighted by Gasteiger charge is 2.51. The van der Waals surface area contributed by atoms with Gasteiger partial charge in [0, 0.05) is 37.6 Å². The lowest BCUT2D eigenvalue weighted by atomic mass is 9.88. The SMILES string of the molecule is CC1CN(C(=O)OC2(c3c(OCCO)ccnc3C(C)C)NC(=O)Nc3ncccc32)C(C)CN1. The number of carbonyl (C=O) groups excluding carboxylic acids is 2. The van der Waals surface area contributed by atoms with E-state index in [2.05, 4.69) is 25.9 Å². The topological polar surface area (TPSA) is 138 Å². The van der Waals surface area contributed by atoms with Crippen LogP contribution < -0.4 is 20.7 Å². The van der Waals surface area contributed by atoms with E-state index in [4.69, 9.17) is 9.47 Å². The summed E-state index contributed by atoms with van der Waals surface area (Å²) in [6.07, 6.45) is 2.55. The van der Waals surface area contributed by atoms with Gasteiger partial charge in [-0.25, -0.2) is 14.6 Å². The first kappa shape index (κ1) is 24.7. The van der Waals surface area contributed by atoms with E-state index in [1.54, 1.807) is 35.5 Å². The number of carbonyl (C=O) groups is 2. The Bertz CT molecular complexity index is 1100. The number of piperazine rings is 1. The summed E-state index contributed by atoms with van der Waals surface area (Å²) in [5, 5.41) is 18.3. The first-order valence-electron chi connectivity index (χ1n) is 11.8. The van der Waals surface area contributed by atoms with Gasteiger partial charge >= 0.3 is 12.1 Å². The fourth-order valence-corrected chi connectivity index (χ4v) is 4.48. The van der Waals surface area contributed by atoms with Crippen molar-refractivity contribution in [1.29, 1.82) is 0 Å². The summed E-state index contributed by atoms with van der Waals surface area (Å²) < 4.78 is 12.2. The van der Waals surface area contributed by atoms with Gasteiger partial charge in [0.2, 0.25) is 0 Å². The quantitative estimate of drug-likeness (QED) is 0.489. The fraction of sp³-hybridized carbons (Fsp3) is 0.500. The molecule has 11 heteroatoms. The number of urea groups is 1. The Balaban J connectivity index is 1.93. The average Bonchev–Trinajstić information content (AvgIpc) is 2.83. The van der Waals surface area contributed by atoms with Crippen molar-refractivity contribution in [3.63, 3.8) is 0 Å². The number of fused-ring (bicyclic) bond motifs is 1. The van der Waals surface area contributed by atoms with E-state index in [1.807, 2.05) is 27.7 Å². The molecule has 4 heterocycles. The molecule has 3 unspecified atom stereocenters. The second-order valence-corrected chi connectivity index (χ2v) is 9.13. The van der Waals surface area contributed by atoms with Crippen molar-refractivity contribution >= 4 is 17.9 Å². The number of rotatable bonds is 6. The van der Waals surface area contributed by atoms with Gasteiger partial charge in [-0.15, -0.1) is 0 Å². The van der Waals surface area contributed by atoms with Crippen LogP contribution in [0.25, 0.3) is 0 Å². The van der Waals surface area contributed by atoms with Crippen molar-refractivity contribution < 1.29 is 24.2 Å². The summed E-state index contributed by atoms with van der Waals surface area (Å²) in [5.41, 5.74) is -0.369. The van der Waals surface area contributed by atoms with Crippen molar-refractivity contribution in [2.45, 2.75) is 51.4 Å². The zero-order valence-corrected chi connectivity index (χ0v) is 20.4. The third kappa shape index (κ3) is 4.73. The van der Waals surface area contributed by atoms with Crippen molar-refractivity contribution in [2.24, 2.45) is 0 Å². The second-order valence-electron chi connectivity index (χ2n) is 9.13. The Hall–Kier alpha value is -3.44. The number of aromatic nitrogens is 2. The predicted molar refractivity (Wildman–Crippen MR) is 128 cm³/mol. The first-order chi connectivity index (χ1) is 16.8. The Morgan fingerprint density at radius 1 is 1.29 bits per heavy atom. The molecule has 188 valence electrons. The molecule has 2 aliphatic heterocycles. The lowest BCUT2D eigenvalue weighted by molar-refractivity contribution is -0.0151. The van der Waals surface area contributed by atoms with Crippen LogP contribution in [0, 0.1) is 0 Å². The van der Waals surface area contributed by atoms with Crippen molar-refractivity contribution in [2.75, 3.05) is 31.6 Å². The highest BCUT2D eigenvalue weighted by Crippen LogP contribution is 2.44. The van der Waals surface area contributed by atoms with Crippen LogP contribution in [0.4, 0.5) is 15.4 Å². The number of aliphatic hydroxyl groups excluding tert-OH is 1. The maximum Gasteiger partial charge on any atom is 0.412 e. The van der Waals surface area contributed by atoms with Gasteiger partial charge < -0.3 is 24.8 Å². The second kappa shape index (κ2) is 10.0. The first-order valence-corrected chi connectivity index (χ1v) is 11.8. The maximum absolute atomic E-state index is 13.7. The molecule has 3 atom stereocenters. The molecule has 2 aromatic heterocycles. The number of amides is 3. The van der Waals surface area contributed by atoms with E-state index in [-0.39, 0.29) is 37.0 Å². The molecule has 11 nitrogen and oxygen atoms in total. The lowest BCUT2D eigenvalue weighted by Crippen LogP contribution is -2.61. The summed E-state index contributed by atoms with van der Waals surface area (Å²) in [6.45, 7) is 8.68. The summed E-state index contributed by atoms with van der Waals surface area (Å²) in [5.74, 6) is 0.491. The van der Waals surface area contributed by atoms with Crippen molar-refractivity contribution in [3.8, 4) is 5.75 Å². The van der Waals surface area contributed by atoms with Gasteiger partial charge in [0.15, 0.2) is 0 Å². The van der Waals surface area contributed by atoms with Crippen molar-refractivity contribution in [3.05, 3.63) is 47.4 Å². The molecule has 4 N–H and O–H groups in total. The number of anilines is 1. The highest BCUT2D eigenvalue weighted by atomic mass is 16.6. The molecule has 1 fully saturated rings. The minimum Gasteiger partial charge on any atom is -0.491 e. The molecule has 1 saturated heterocycles. The Kier molecular flexibility index (Phi) is 7.08. The van der Waals surface area contributed by atoms with E-state index in [9.17, 15) is 14.7 Å². The number of ether oxygens (including phenoxy) is 2. The smallest absolute Gasteiger partial charge is 0.412 e. The molecule has 0 spiro atoms. The average molecular weight is 485 g/mol. The normalized spacial score (nSPS) is 23.8. The summed E-state index contributed by atoms with van der Waals surface area (Å²) in [7, 11) is 0. The highest BCUT2D eigenvalue weighted by molar-refractivity contribution is 5.93. The van der Waals surface area contributed by atoms with Crippen LogP contribution in [0.1, 0.15) is 50.4 Å². The molecule has 0 aliphatic carbocycles. The summed E-state index contributed by atoms with van der Waals surface area (Å²) in [6, 6.07) is 4.45. The monoisotopic (exact) mass is 484 g/mol. The van der Waals surface area contributed by atoms with Crippen LogP contribution in [-0.4, -0.2) is 70.5 Å². The third-order valence-electron chi connectivity index (χ3n) is 6.14. The predicted octanol–water partition coefficient (Wildman–Crippen LogP) is 2.13. The Labute approximate surface area is 204 Å². The number of nitrogens with zero attached hydrogens (tertiary/aromatic N) is 3. The van der Waals surface area contributed by atoms with Gasteiger partial charge in [0.25, 0.3) is 5.72 Å². The minimum absolute atomic E-state index is 0.0109. The van der Waals surface area contributed by atoms with Crippen LogP contribution in [0.2, 0.25) is 0 Å². The number of hydrogen-bond acceptors (Lipinski definition) is 8. The van der Waals surface area contributed by atoms with Gasteiger partial charge in [0.05, 0.1) is 23.4 Å². The zero-order chi connectivity index (χ0) is 25.2. The molecule has 2 aliphatic rings. The van der Waals surface area contributed by atoms with Crippen LogP contribution >= 0.6 is 0 Å². The molecule has 0 saturated carbocycles. The summed E-state index contributed by atoms with van der Waals surface area (Å²) in [4.78, 5) is 37.1. The maximum atomic E-state index is 13.7. The van der Waals surface area contributed by atoms with Gasteiger partial charge in [-0.05, 0) is 38.0 Å². The largest absolute Gasteiger partial charge is 0.491 e. The number of pyridine rings is 2. The Morgan fingerprint density at radius 2 is 2.09 bits per heavy atom. The molecule has 35 heavy (non-hydrogen) atoms. The van der Waals surface area contributed by atoms with Gasteiger partial charge in [-0.3, -0.25) is 15.6 Å². The molecular formula is C24H32N6O5. The fourth-order valence-electron chi connectivity index (χ4n) is 4.48. The number of aliphatic hydroxyl groups is 1. The zero-order valence-electron chi connectivity index (χ0n) is 20.4. The van der Waals surface area contributed by atoms with Crippen LogP contribution in [0.5, 0.6) is 5.75 Å². The van der Waals surface area contributed by atoms with E-state index < -0.39 is 17.8 Å². The number of nitrogens with one attached hydrogen (secondary N) is 3. The van der Waals surface area contributed by atoms with E-state index >= 15 is 0 Å². The molecule has 0 radical (unpaired) electrons. The van der Waals surface area contributed by atoms with Gasteiger partial charge in [-0.2, -0.15) is 0 Å². The van der Waals surface area contributed by atoms with Crippen LogP contribution in [0.15, 0.2) is 30.6 Å². The van der Waals surface area contributed by atoms with Gasteiger partial charge in [0.1, 0.15) is 18.2 Å². The van der Waals surface area contributed by atoms with Crippen LogP contribution in [-0.2, 0) is 10.5 Å².